The van der Waals surface area contributed by atoms with Gasteiger partial charge in [0.15, 0.2) is 10.8 Å². The molecule has 7 nitrogen and oxygen atoms in total. The van der Waals surface area contributed by atoms with Crippen molar-refractivity contribution in [2.75, 3.05) is 18.9 Å². The lowest BCUT2D eigenvalue weighted by molar-refractivity contribution is -0.155. The van der Waals surface area contributed by atoms with Crippen LogP contribution in [-0.2, 0) is 14.3 Å². The van der Waals surface area contributed by atoms with E-state index in [-0.39, 0.29) is 17.6 Å². The number of fused-ring (bicyclic) bond motifs is 1. The summed E-state index contributed by atoms with van der Waals surface area (Å²) < 4.78 is 6.76. The van der Waals surface area contributed by atoms with Gasteiger partial charge in [-0.3, -0.25) is 9.20 Å². The monoisotopic (exact) mass is 416 g/mol. The summed E-state index contributed by atoms with van der Waals surface area (Å²) in [6.45, 7) is 2.62. The molecular formula is C16H18Cl2N4O3S. The first kappa shape index (κ1) is 19.3. The predicted octanol–water partition coefficient (Wildman–Crippen LogP) is 3.07. The number of piperidine rings is 1. The number of aromatic nitrogens is 3. The quantitative estimate of drug-likeness (QED) is 0.550. The third-order valence-electron chi connectivity index (χ3n) is 4.10. The van der Waals surface area contributed by atoms with Gasteiger partial charge >= 0.3 is 5.97 Å². The Bertz CT molecular complexity index is 829. The Labute approximate surface area is 165 Å². The van der Waals surface area contributed by atoms with Crippen molar-refractivity contribution in [3.05, 3.63) is 22.3 Å². The van der Waals surface area contributed by atoms with E-state index in [2.05, 4.69) is 10.2 Å². The molecule has 1 aliphatic rings. The summed E-state index contributed by atoms with van der Waals surface area (Å²) >= 11 is 13.4. The zero-order valence-electron chi connectivity index (χ0n) is 14.2. The van der Waals surface area contributed by atoms with Crippen LogP contribution in [0, 0.1) is 0 Å². The molecular weight excluding hydrogens is 399 g/mol. The normalized spacial score (nSPS) is 17.5. The first-order valence-corrected chi connectivity index (χ1v) is 10.0. The van der Waals surface area contributed by atoms with Crippen molar-refractivity contribution in [1.82, 2.24) is 19.5 Å². The highest BCUT2D eigenvalue weighted by atomic mass is 35.5. The van der Waals surface area contributed by atoms with Crippen LogP contribution in [0.4, 0.5) is 0 Å². The number of hydrogen-bond donors (Lipinski definition) is 0. The van der Waals surface area contributed by atoms with Crippen LogP contribution in [0.2, 0.25) is 10.0 Å². The SMILES string of the molecule is CCOC(=O)[C@@H]1CCCCN1C(=O)CSc1nnc2c(Cl)cc(Cl)cn12. The largest absolute Gasteiger partial charge is 0.464 e. The van der Waals surface area contributed by atoms with Gasteiger partial charge in [0.25, 0.3) is 0 Å². The van der Waals surface area contributed by atoms with Crippen molar-refractivity contribution < 1.29 is 14.3 Å². The van der Waals surface area contributed by atoms with E-state index in [1.165, 1.54) is 11.8 Å². The van der Waals surface area contributed by atoms with Crippen LogP contribution in [0.3, 0.4) is 0 Å². The van der Waals surface area contributed by atoms with Crippen LogP contribution < -0.4 is 0 Å². The van der Waals surface area contributed by atoms with Crippen LogP contribution in [-0.4, -0.2) is 56.3 Å². The number of esters is 1. The fourth-order valence-corrected chi connectivity index (χ4v) is 4.23. The molecule has 0 spiro atoms. The molecule has 1 atom stereocenters. The van der Waals surface area contributed by atoms with Crippen molar-refractivity contribution in [3.8, 4) is 0 Å². The molecule has 140 valence electrons. The Morgan fingerprint density at radius 2 is 2.15 bits per heavy atom. The molecule has 0 aliphatic carbocycles. The lowest BCUT2D eigenvalue weighted by Gasteiger charge is -2.33. The van der Waals surface area contributed by atoms with E-state index in [4.69, 9.17) is 27.9 Å². The molecule has 1 amide bonds. The first-order chi connectivity index (χ1) is 12.5. The van der Waals surface area contributed by atoms with Crippen LogP contribution in [0.1, 0.15) is 26.2 Å². The van der Waals surface area contributed by atoms with Gasteiger partial charge in [0.05, 0.1) is 22.4 Å². The van der Waals surface area contributed by atoms with Gasteiger partial charge in [0.2, 0.25) is 5.91 Å². The van der Waals surface area contributed by atoms with E-state index in [0.717, 1.165) is 12.8 Å². The second-order valence-corrected chi connectivity index (χ2v) is 7.61. The zero-order valence-corrected chi connectivity index (χ0v) is 16.5. The standard InChI is InChI=1S/C16H18Cl2N4O3S/c1-2-25-15(24)12-5-3-4-6-21(12)13(23)9-26-16-20-19-14-11(18)7-10(17)8-22(14)16/h7-8,12H,2-6,9H2,1H3/t12-/m0/s1. The maximum atomic E-state index is 12.7. The van der Waals surface area contributed by atoms with E-state index in [9.17, 15) is 9.59 Å². The topological polar surface area (TPSA) is 76.8 Å². The summed E-state index contributed by atoms with van der Waals surface area (Å²) in [5.41, 5.74) is 0.480. The molecule has 0 unspecified atom stereocenters. The van der Waals surface area contributed by atoms with Crippen LogP contribution in [0.25, 0.3) is 5.65 Å². The summed E-state index contributed by atoms with van der Waals surface area (Å²) in [7, 11) is 0. The molecule has 10 heteroatoms. The van der Waals surface area contributed by atoms with Crippen molar-refractivity contribution in [2.24, 2.45) is 0 Å². The van der Waals surface area contributed by atoms with Gasteiger partial charge < -0.3 is 9.64 Å². The maximum Gasteiger partial charge on any atom is 0.328 e. The Morgan fingerprint density at radius 1 is 1.35 bits per heavy atom. The van der Waals surface area contributed by atoms with Gasteiger partial charge in [-0.15, -0.1) is 10.2 Å². The average Bonchev–Trinajstić information content (AvgIpc) is 3.03. The second kappa shape index (κ2) is 8.45. The van der Waals surface area contributed by atoms with Crippen LogP contribution in [0.15, 0.2) is 17.4 Å². The molecule has 2 aromatic rings. The lowest BCUT2D eigenvalue weighted by Crippen LogP contribution is -2.49. The average molecular weight is 417 g/mol. The summed E-state index contributed by atoms with van der Waals surface area (Å²) in [4.78, 5) is 26.4. The van der Waals surface area contributed by atoms with Crippen LogP contribution >= 0.6 is 35.0 Å². The predicted molar refractivity (Wildman–Crippen MR) is 99.7 cm³/mol. The van der Waals surface area contributed by atoms with Crippen molar-refractivity contribution in [2.45, 2.75) is 37.4 Å². The number of pyridine rings is 1. The summed E-state index contributed by atoms with van der Waals surface area (Å²) in [6.07, 6.45) is 4.07. The molecule has 26 heavy (non-hydrogen) atoms. The highest BCUT2D eigenvalue weighted by Crippen LogP contribution is 2.26. The molecule has 0 saturated carbocycles. The van der Waals surface area contributed by atoms with E-state index in [0.29, 0.717) is 40.4 Å². The Kier molecular flexibility index (Phi) is 6.26. The van der Waals surface area contributed by atoms with Crippen molar-refractivity contribution in [3.63, 3.8) is 0 Å². The minimum Gasteiger partial charge on any atom is -0.464 e. The highest BCUT2D eigenvalue weighted by molar-refractivity contribution is 7.99. The number of amides is 1. The highest BCUT2D eigenvalue weighted by Gasteiger charge is 2.33. The van der Waals surface area contributed by atoms with Gasteiger partial charge in [-0.25, -0.2) is 4.79 Å². The zero-order chi connectivity index (χ0) is 18.7. The van der Waals surface area contributed by atoms with E-state index >= 15 is 0 Å². The number of ether oxygens (including phenoxy) is 1. The third-order valence-corrected chi connectivity index (χ3v) is 5.51. The number of rotatable bonds is 5. The van der Waals surface area contributed by atoms with Gasteiger partial charge in [-0.1, -0.05) is 35.0 Å². The van der Waals surface area contributed by atoms with Gasteiger partial charge in [0.1, 0.15) is 6.04 Å². The molecule has 1 aliphatic heterocycles. The smallest absolute Gasteiger partial charge is 0.328 e. The summed E-state index contributed by atoms with van der Waals surface area (Å²) in [5, 5.41) is 9.45. The van der Waals surface area contributed by atoms with E-state index in [1.54, 1.807) is 28.5 Å². The number of hydrogen-bond acceptors (Lipinski definition) is 6. The maximum absolute atomic E-state index is 12.7. The number of halogens is 2. The molecule has 0 aromatic carbocycles. The van der Waals surface area contributed by atoms with Gasteiger partial charge in [-0.2, -0.15) is 0 Å². The molecule has 0 bridgehead atoms. The van der Waals surface area contributed by atoms with Crippen molar-refractivity contribution >= 4 is 52.5 Å². The number of likely N-dealkylation sites (tertiary alicyclic amines) is 1. The number of thioether (sulfide) groups is 1. The molecule has 2 aromatic heterocycles. The Hall–Kier alpha value is -1.51. The van der Waals surface area contributed by atoms with Crippen LogP contribution in [0.5, 0.6) is 0 Å². The van der Waals surface area contributed by atoms with E-state index < -0.39 is 6.04 Å². The van der Waals surface area contributed by atoms with E-state index in [1.807, 2.05) is 0 Å². The number of carbonyl (C=O) groups excluding carboxylic acids is 2. The number of carbonyl (C=O) groups is 2. The Balaban J connectivity index is 1.71. The van der Waals surface area contributed by atoms with Gasteiger partial charge in [-0.05, 0) is 32.3 Å². The van der Waals surface area contributed by atoms with Gasteiger partial charge in [0, 0.05) is 12.7 Å². The minimum atomic E-state index is -0.504. The molecule has 0 N–H and O–H groups in total. The first-order valence-electron chi connectivity index (χ1n) is 8.30. The fourth-order valence-electron chi connectivity index (χ4n) is 2.92. The fraction of sp³-hybridized carbons (Fsp3) is 0.500. The molecule has 3 rings (SSSR count). The lowest BCUT2D eigenvalue weighted by atomic mass is 10.0. The molecule has 3 heterocycles. The van der Waals surface area contributed by atoms with Crippen molar-refractivity contribution in [1.29, 1.82) is 0 Å². The molecule has 1 fully saturated rings. The molecule has 0 radical (unpaired) electrons. The minimum absolute atomic E-state index is 0.127. The summed E-state index contributed by atoms with van der Waals surface area (Å²) in [6, 6.07) is 1.08. The Morgan fingerprint density at radius 3 is 2.92 bits per heavy atom. The molecule has 1 saturated heterocycles. The second-order valence-electron chi connectivity index (χ2n) is 5.82. The summed E-state index contributed by atoms with van der Waals surface area (Å²) in [5.74, 6) is -0.324. The number of nitrogens with zero attached hydrogens (tertiary/aromatic N) is 4. The third kappa shape index (κ3) is 4.07.